The summed E-state index contributed by atoms with van der Waals surface area (Å²) in [5.74, 6) is -0.279. The van der Waals surface area contributed by atoms with Gasteiger partial charge in [0.2, 0.25) is 0 Å². The van der Waals surface area contributed by atoms with Crippen LogP contribution >= 0.6 is 15.9 Å². The molecule has 9 heteroatoms. The van der Waals surface area contributed by atoms with E-state index >= 15 is 0 Å². The molecule has 1 rings (SSSR count). The maximum absolute atomic E-state index is 12.4. The lowest BCUT2D eigenvalue weighted by molar-refractivity contribution is -0.0499. The minimum absolute atomic E-state index is 0.181. The number of benzene rings is 1. The van der Waals surface area contributed by atoms with E-state index in [0.717, 1.165) is 0 Å². The summed E-state index contributed by atoms with van der Waals surface area (Å²) >= 11 is 3.02. The molecule has 0 aromatic heterocycles. The van der Waals surface area contributed by atoms with Gasteiger partial charge in [-0.05, 0) is 27.2 Å². The molecule has 19 heavy (non-hydrogen) atoms. The van der Waals surface area contributed by atoms with Gasteiger partial charge in [0.15, 0.2) is 5.75 Å². The Hall–Kier alpha value is -0.543. The fraction of sp³-hybridized carbons (Fsp3) is 0.400. The van der Waals surface area contributed by atoms with Gasteiger partial charge in [-0.25, -0.2) is 0 Å². The maximum atomic E-state index is 12.4. The van der Waals surface area contributed by atoms with Crippen LogP contribution in [0.25, 0.3) is 0 Å². The zero-order valence-electron chi connectivity index (χ0n) is 10.4. The lowest BCUT2D eigenvalue weighted by atomic mass is 10.3. The molecule has 0 aliphatic heterocycles. The van der Waals surface area contributed by atoms with Gasteiger partial charge < -0.3 is 4.18 Å². The first-order chi connectivity index (χ1) is 8.36. The molecule has 1 aromatic rings. The summed E-state index contributed by atoms with van der Waals surface area (Å²) in [4.78, 5) is 0. The largest absolute Gasteiger partial charge is 0.534 e. The van der Waals surface area contributed by atoms with Gasteiger partial charge in [0.05, 0.1) is 12.5 Å². The Morgan fingerprint density at radius 3 is 2.16 bits per heavy atom. The molecular weight excluding hydrogens is 365 g/mol. The van der Waals surface area contributed by atoms with E-state index < -0.39 is 23.7 Å². The van der Waals surface area contributed by atoms with Gasteiger partial charge in [0, 0.05) is 0 Å². The van der Waals surface area contributed by atoms with E-state index in [-0.39, 0.29) is 10.2 Å². The Balaban J connectivity index is 3.38. The molecule has 0 unspecified atom stereocenters. The lowest BCUT2D eigenvalue weighted by Crippen LogP contribution is -2.40. The number of halogens is 4. The van der Waals surface area contributed by atoms with Crippen molar-refractivity contribution in [1.29, 1.82) is 0 Å². The molecule has 0 fully saturated rings. The summed E-state index contributed by atoms with van der Waals surface area (Å²) in [6.45, 7) is 5.63. The molecule has 0 heterocycles. The van der Waals surface area contributed by atoms with E-state index in [2.05, 4.69) is 20.1 Å². The fourth-order valence-corrected chi connectivity index (χ4v) is 4.11. The van der Waals surface area contributed by atoms with Gasteiger partial charge in [-0.3, -0.25) is 0 Å². The van der Waals surface area contributed by atoms with Crippen molar-refractivity contribution < 1.29 is 25.8 Å². The molecule has 0 saturated carbocycles. The maximum Gasteiger partial charge on any atom is 0.534 e. The monoisotopic (exact) mass is 376 g/mol. The van der Waals surface area contributed by atoms with Crippen molar-refractivity contribution in [2.24, 2.45) is 0 Å². The fourth-order valence-electron chi connectivity index (χ4n) is 1.34. The van der Waals surface area contributed by atoms with Crippen molar-refractivity contribution in [3.05, 3.63) is 22.7 Å². The number of rotatable bonds is 3. The van der Waals surface area contributed by atoms with E-state index in [9.17, 15) is 21.6 Å². The highest BCUT2D eigenvalue weighted by Crippen LogP contribution is 2.31. The Labute approximate surface area is 119 Å². The zero-order valence-corrected chi connectivity index (χ0v) is 13.8. The van der Waals surface area contributed by atoms with Crippen LogP contribution in [0.15, 0.2) is 22.7 Å². The standard InChI is InChI=1S/C10H12BrF3O3SSi/c1-19(2,3)8-6-4-5-7(11)9(8)17-18(15,16)10(12,13)14/h4-6H,1-3H3. The summed E-state index contributed by atoms with van der Waals surface area (Å²) in [6, 6.07) is 4.65. The van der Waals surface area contributed by atoms with Gasteiger partial charge in [-0.2, -0.15) is 21.6 Å². The third-order valence-electron chi connectivity index (χ3n) is 2.25. The molecule has 0 atom stereocenters. The molecule has 108 valence electrons. The molecule has 0 bridgehead atoms. The van der Waals surface area contributed by atoms with Crippen LogP contribution in [-0.4, -0.2) is 22.0 Å². The first-order valence-electron chi connectivity index (χ1n) is 5.16. The second kappa shape index (κ2) is 5.10. The molecule has 3 nitrogen and oxygen atoms in total. The number of hydrogen-bond donors (Lipinski definition) is 0. The van der Waals surface area contributed by atoms with Crippen molar-refractivity contribution in [3.8, 4) is 5.75 Å². The van der Waals surface area contributed by atoms with Crippen LogP contribution in [0.1, 0.15) is 0 Å². The van der Waals surface area contributed by atoms with Gasteiger partial charge in [-0.1, -0.05) is 31.8 Å². The molecule has 1 aromatic carbocycles. The van der Waals surface area contributed by atoms with Crippen LogP contribution in [0.2, 0.25) is 19.6 Å². The van der Waals surface area contributed by atoms with Crippen LogP contribution in [-0.2, 0) is 10.1 Å². The highest BCUT2D eigenvalue weighted by molar-refractivity contribution is 9.10. The second-order valence-corrected chi connectivity index (χ2v) is 12.3. The smallest absolute Gasteiger partial charge is 0.375 e. The van der Waals surface area contributed by atoms with Crippen molar-refractivity contribution in [2.45, 2.75) is 25.1 Å². The Bertz CT molecular complexity index is 579. The van der Waals surface area contributed by atoms with Gasteiger partial charge in [0.1, 0.15) is 0 Å². The van der Waals surface area contributed by atoms with E-state index in [1.54, 1.807) is 12.1 Å². The summed E-state index contributed by atoms with van der Waals surface area (Å²) < 4.78 is 63.8. The highest BCUT2D eigenvalue weighted by Gasteiger charge is 2.49. The Kier molecular flexibility index (Phi) is 4.43. The van der Waals surface area contributed by atoms with Crippen LogP contribution in [0.4, 0.5) is 13.2 Å². The van der Waals surface area contributed by atoms with Gasteiger partial charge in [0.25, 0.3) is 0 Å². The number of hydrogen-bond acceptors (Lipinski definition) is 3. The Morgan fingerprint density at radius 2 is 1.74 bits per heavy atom. The molecule has 0 aliphatic rings. The molecule has 0 radical (unpaired) electrons. The van der Waals surface area contributed by atoms with Gasteiger partial charge in [-0.15, -0.1) is 0 Å². The minimum atomic E-state index is -5.66. The second-order valence-electron chi connectivity index (χ2n) is 4.85. The summed E-state index contributed by atoms with van der Waals surface area (Å²) in [7, 11) is -7.72. The van der Waals surface area contributed by atoms with E-state index in [0.29, 0.717) is 5.19 Å². The molecule has 0 saturated heterocycles. The summed E-state index contributed by atoms with van der Waals surface area (Å²) in [5.41, 5.74) is -5.45. The first kappa shape index (κ1) is 16.5. The number of alkyl halides is 3. The Morgan fingerprint density at radius 1 is 1.21 bits per heavy atom. The van der Waals surface area contributed by atoms with Gasteiger partial charge >= 0.3 is 15.6 Å². The van der Waals surface area contributed by atoms with Crippen molar-refractivity contribution in [1.82, 2.24) is 0 Å². The summed E-state index contributed by atoms with van der Waals surface area (Å²) in [6.07, 6.45) is 0. The quantitative estimate of drug-likeness (QED) is 0.462. The average molecular weight is 377 g/mol. The van der Waals surface area contributed by atoms with Crippen molar-refractivity contribution in [3.63, 3.8) is 0 Å². The average Bonchev–Trinajstić information content (AvgIpc) is 2.17. The molecule has 0 aliphatic carbocycles. The molecule has 0 N–H and O–H groups in total. The SMILES string of the molecule is C[Si](C)(C)c1cccc(Br)c1OS(=O)(=O)C(F)(F)F. The van der Waals surface area contributed by atoms with Crippen LogP contribution in [0.3, 0.4) is 0 Å². The van der Waals surface area contributed by atoms with Crippen molar-refractivity contribution in [2.75, 3.05) is 0 Å². The normalized spacial score (nSPS) is 13.4. The molecular formula is C10H12BrF3O3SSi. The number of para-hydroxylation sites is 1. The minimum Gasteiger partial charge on any atom is -0.375 e. The predicted octanol–water partition coefficient (Wildman–Crippen LogP) is 3.22. The topological polar surface area (TPSA) is 43.4 Å². The van der Waals surface area contributed by atoms with Crippen LogP contribution in [0, 0.1) is 0 Å². The van der Waals surface area contributed by atoms with E-state index in [1.165, 1.54) is 6.07 Å². The lowest BCUT2D eigenvalue weighted by Gasteiger charge is -2.21. The highest BCUT2D eigenvalue weighted by atomic mass is 79.9. The predicted molar refractivity (Wildman–Crippen MR) is 72.7 cm³/mol. The summed E-state index contributed by atoms with van der Waals surface area (Å²) in [5, 5.41) is 0.495. The van der Waals surface area contributed by atoms with E-state index in [4.69, 9.17) is 0 Å². The van der Waals surface area contributed by atoms with E-state index in [1.807, 2.05) is 19.6 Å². The van der Waals surface area contributed by atoms with Crippen molar-refractivity contribution >= 4 is 39.3 Å². The molecule has 0 amide bonds. The molecule has 0 spiro atoms. The third kappa shape index (κ3) is 3.73. The first-order valence-corrected chi connectivity index (χ1v) is 10.9. The van der Waals surface area contributed by atoms with Crippen LogP contribution < -0.4 is 9.37 Å². The zero-order chi connectivity index (χ0) is 15.1. The van der Waals surface area contributed by atoms with Crippen LogP contribution in [0.5, 0.6) is 5.75 Å². The third-order valence-corrected chi connectivity index (χ3v) is 5.84.